The number of unbranched alkanes of at least 4 members (excludes halogenated alkanes) is 2. The Morgan fingerprint density at radius 1 is 1.05 bits per heavy atom. The molecule has 2 rings (SSSR count). The fourth-order valence-corrected chi connectivity index (χ4v) is 2.07. The van der Waals surface area contributed by atoms with Crippen molar-refractivity contribution in [2.45, 2.75) is 46.1 Å². The van der Waals surface area contributed by atoms with Crippen molar-refractivity contribution in [1.82, 2.24) is 14.4 Å². The first-order chi connectivity index (χ1) is 9.65. The van der Waals surface area contributed by atoms with Crippen LogP contribution in [-0.4, -0.2) is 34.6 Å². The number of rotatable bonds is 6. The second kappa shape index (κ2) is 11.5. The van der Waals surface area contributed by atoms with E-state index in [1.54, 1.807) is 0 Å². The van der Waals surface area contributed by atoms with E-state index in [9.17, 15) is 0 Å². The summed E-state index contributed by atoms with van der Waals surface area (Å²) in [5.41, 5.74) is 0. The van der Waals surface area contributed by atoms with Gasteiger partial charge in [-0.3, -0.25) is 0 Å². The maximum Gasteiger partial charge on any atom is 0.243 e. The lowest BCUT2D eigenvalue weighted by molar-refractivity contribution is -0.696. The summed E-state index contributed by atoms with van der Waals surface area (Å²) in [5, 5.41) is 0. The molecule has 4 nitrogen and oxygen atoms in total. The van der Waals surface area contributed by atoms with Gasteiger partial charge in [0.2, 0.25) is 6.33 Å². The van der Waals surface area contributed by atoms with Gasteiger partial charge in [-0.2, -0.15) is 0 Å². The van der Waals surface area contributed by atoms with E-state index in [0.717, 1.165) is 13.2 Å². The van der Waals surface area contributed by atoms with Crippen molar-refractivity contribution < 1.29 is 17.0 Å². The SMILES string of the molecule is CCCCN1C=CN(C)C1.CCCC[n+]1ccn(C)c1.[Cl-]. The normalized spacial score (nSPS) is 13.0. The third kappa shape index (κ3) is 8.66. The first kappa shape index (κ1) is 19.8. The van der Waals surface area contributed by atoms with Crippen molar-refractivity contribution in [3.05, 3.63) is 31.1 Å². The van der Waals surface area contributed by atoms with E-state index in [1.807, 2.05) is 7.05 Å². The maximum absolute atomic E-state index is 2.34. The number of halogens is 1. The Labute approximate surface area is 136 Å². The Morgan fingerprint density at radius 3 is 2.24 bits per heavy atom. The highest BCUT2D eigenvalue weighted by Crippen LogP contribution is 2.04. The molecule has 1 aliphatic heterocycles. The summed E-state index contributed by atoms with van der Waals surface area (Å²) in [5.74, 6) is 0. The van der Waals surface area contributed by atoms with Crippen LogP contribution in [0.2, 0.25) is 0 Å². The van der Waals surface area contributed by atoms with Gasteiger partial charge in [-0.1, -0.05) is 26.7 Å². The van der Waals surface area contributed by atoms with Gasteiger partial charge >= 0.3 is 0 Å². The Kier molecular flexibility index (Phi) is 10.9. The molecule has 122 valence electrons. The van der Waals surface area contributed by atoms with E-state index in [1.165, 1.54) is 32.2 Å². The highest BCUT2D eigenvalue weighted by molar-refractivity contribution is 4.88. The molecule has 0 N–H and O–H groups in total. The van der Waals surface area contributed by atoms with Crippen molar-refractivity contribution in [3.63, 3.8) is 0 Å². The second-order valence-corrected chi connectivity index (χ2v) is 5.53. The number of imidazole rings is 1. The lowest BCUT2D eigenvalue weighted by Crippen LogP contribution is -3.00. The van der Waals surface area contributed by atoms with Gasteiger partial charge in [0.25, 0.3) is 0 Å². The minimum Gasteiger partial charge on any atom is -1.00 e. The predicted octanol–water partition coefficient (Wildman–Crippen LogP) is -0.421. The molecule has 0 aromatic carbocycles. The molecular weight excluding hydrogens is 284 g/mol. The van der Waals surface area contributed by atoms with E-state index in [4.69, 9.17) is 0 Å². The van der Waals surface area contributed by atoms with Crippen molar-refractivity contribution in [1.29, 1.82) is 0 Å². The zero-order valence-electron chi connectivity index (χ0n) is 14.0. The van der Waals surface area contributed by atoms with Gasteiger partial charge in [0, 0.05) is 26.0 Å². The van der Waals surface area contributed by atoms with Crippen LogP contribution in [0.25, 0.3) is 0 Å². The Hall–Kier alpha value is -1.16. The van der Waals surface area contributed by atoms with Crippen molar-refractivity contribution in [2.75, 3.05) is 20.3 Å². The number of nitrogens with zero attached hydrogens (tertiary/aromatic N) is 4. The molecule has 2 heterocycles. The zero-order chi connectivity index (χ0) is 14.8. The minimum atomic E-state index is 0. The summed E-state index contributed by atoms with van der Waals surface area (Å²) < 4.78 is 4.28. The van der Waals surface area contributed by atoms with Gasteiger partial charge in [0.1, 0.15) is 12.4 Å². The molecule has 0 saturated heterocycles. The van der Waals surface area contributed by atoms with Gasteiger partial charge in [0.05, 0.1) is 20.3 Å². The first-order valence-electron chi connectivity index (χ1n) is 7.79. The van der Waals surface area contributed by atoms with Crippen LogP contribution in [0.5, 0.6) is 0 Å². The summed E-state index contributed by atoms with van der Waals surface area (Å²) in [6.07, 6.45) is 15.7. The first-order valence-corrected chi connectivity index (χ1v) is 7.79. The van der Waals surface area contributed by atoms with Gasteiger partial charge in [0.15, 0.2) is 0 Å². The van der Waals surface area contributed by atoms with Crippen LogP contribution in [0, 0.1) is 0 Å². The maximum atomic E-state index is 2.34. The molecule has 0 saturated carbocycles. The largest absolute Gasteiger partial charge is 1.00 e. The zero-order valence-corrected chi connectivity index (χ0v) is 14.8. The van der Waals surface area contributed by atoms with Crippen LogP contribution in [0.1, 0.15) is 39.5 Å². The van der Waals surface area contributed by atoms with Gasteiger partial charge in [-0.25, -0.2) is 9.13 Å². The number of hydrogen-bond acceptors (Lipinski definition) is 2. The Morgan fingerprint density at radius 2 is 1.76 bits per heavy atom. The summed E-state index contributed by atoms with van der Waals surface area (Å²) in [6.45, 7) is 7.86. The third-order valence-electron chi connectivity index (χ3n) is 3.33. The summed E-state index contributed by atoms with van der Waals surface area (Å²) in [4.78, 5) is 4.53. The molecule has 0 bridgehead atoms. The van der Waals surface area contributed by atoms with Crippen LogP contribution in [0.3, 0.4) is 0 Å². The van der Waals surface area contributed by atoms with Crippen LogP contribution >= 0.6 is 0 Å². The van der Waals surface area contributed by atoms with Crippen LogP contribution in [0.15, 0.2) is 31.1 Å². The number of aromatic nitrogens is 2. The van der Waals surface area contributed by atoms with Gasteiger partial charge in [-0.15, -0.1) is 0 Å². The van der Waals surface area contributed by atoms with Crippen LogP contribution in [0.4, 0.5) is 0 Å². The number of aryl methyl sites for hydroxylation is 2. The molecule has 1 aromatic rings. The second-order valence-electron chi connectivity index (χ2n) is 5.53. The number of hydrogen-bond donors (Lipinski definition) is 0. The van der Waals surface area contributed by atoms with Crippen molar-refractivity contribution in [3.8, 4) is 0 Å². The van der Waals surface area contributed by atoms with E-state index < -0.39 is 0 Å². The molecule has 21 heavy (non-hydrogen) atoms. The standard InChI is InChI=1S/C8H16N2.C8H15N2.ClH/c2*1-3-4-5-10-7-6-9(2)8-10;/h6-7H,3-5,8H2,1-2H3;6-8H,3-5H2,1-2H3;1H/q;+1;/p-1. The molecule has 0 unspecified atom stereocenters. The van der Waals surface area contributed by atoms with E-state index in [2.05, 4.69) is 71.0 Å². The molecule has 0 spiro atoms. The van der Waals surface area contributed by atoms with E-state index >= 15 is 0 Å². The fourth-order valence-electron chi connectivity index (χ4n) is 2.07. The molecule has 0 radical (unpaired) electrons. The summed E-state index contributed by atoms with van der Waals surface area (Å²) in [6, 6.07) is 0. The van der Waals surface area contributed by atoms with E-state index in [0.29, 0.717) is 0 Å². The van der Waals surface area contributed by atoms with Crippen molar-refractivity contribution >= 4 is 0 Å². The highest BCUT2D eigenvalue weighted by atomic mass is 35.5. The van der Waals surface area contributed by atoms with Crippen LogP contribution in [-0.2, 0) is 13.6 Å². The molecule has 1 aliphatic rings. The van der Waals surface area contributed by atoms with Gasteiger partial charge in [-0.05, 0) is 12.8 Å². The minimum absolute atomic E-state index is 0. The Balaban J connectivity index is 0.000000364. The molecule has 0 amide bonds. The molecule has 0 atom stereocenters. The third-order valence-corrected chi connectivity index (χ3v) is 3.33. The average molecular weight is 315 g/mol. The topological polar surface area (TPSA) is 15.3 Å². The molecule has 0 aliphatic carbocycles. The quantitative estimate of drug-likeness (QED) is 0.663. The summed E-state index contributed by atoms with van der Waals surface area (Å²) in [7, 11) is 4.14. The Bertz CT molecular complexity index is 389. The highest BCUT2D eigenvalue weighted by Gasteiger charge is 2.05. The smallest absolute Gasteiger partial charge is 0.243 e. The van der Waals surface area contributed by atoms with Gasteiger partial charge < -0.3 is 22.2 Å². The molecule has 0 fully saturated rings. The molecular formula is C16H31ClN4. The lowest BCUT2D eigenvalue weighted by Gasteiger charge is -2.17. The summed E-state index contributed by atoms with van der Waals surface area (Å²) >= 11 is 0. The predicted molar refractivity (Wildman–Crippen MR) is 83.9 cm³/mol. The van der Waals surface area contributed by atoms with E-state index in [-0.39, 0.29) is 12.4 Å². The lowest BCUT2D eigenvalue weighted by atomic mass is 10.3. The van der Waals surface area contributed by atoms with Crippen LogP contribution < -0.4 is 17.0 Å². The molecule has 1 aromatic heterocycles. The fraction of sp³-hybridized carbons (Fsp3) is 0.688. The average Bonchev–Trinajstić information content (AvgIpc) is 3.03. The monoisotopic (exact) mass is 314 g/mol. The molecule has 5 heteroatoms. The van der Waals surface area contributed by atoms with Crippen molar-refractivity contribution in [2.24, 2.45) is 7.05 Å².